The van der Waals surface area contributed by atoms with Gasteiger partial charge in [-0.05, 0) is 42.3 Å². The Morgan fingerprint density at radius 3 is 2.39 bits per heavy atom. The fraction of sp³-hybridized carbons (Fsp3) is 0.100. The number of allylic oxidation sites excluding steroid dienone is 1. The summed E-state index contributed by atoms with van der Waals surface area (Å²) in [5.74, 6) is -1.25. The lowest BCUT2D eigenvalue weighted by Gasteiger charge is -2.18. The van der Waals surface area contributed by atoms with Gasteiger partial charge in [-0.3, -0.25) is 10.0 Å². The minimum Gasteiger partial charge on any atom is -0.388 e. The van der Waals surface area contributed by atoms with E-state index in [0.29, 0.717) is 35.0 Å². The van der Waals surface area contributed by atoms with Crippen LogP contribution in [0.2, 0.25) is 0 Å². The third-order valence-corrected chi connectivity index (χ3v) is 6.16. The molecule has 8 heteroatoms. The number of anilines is 1. The van der Waals surface area contributed by atoms with Crippen LogP contribution >= 0.6 is 0 Å². The second-order valence-corrected chi connectivity index (χ2v) is 8.76. The van der Waals surface area contributed by atoms with E-state index in [1.165, 1.54) is 12.1 Å². The highest BCUT2D eigenvalue weighted by Gasteiger charge is 2.16. The molecule has 0 saturated heterocycles. The topological polar surface area (TPSA) is 66.0 Å². The Kier molecular flexibility index (Phi) is 6.95. The summed E-state index contributed by atoms with van der Waals surface area (Å²) < 4.78 is 33.4. The molecule has 0 fully saturated rings. The van der Waals surface area contributed by atoms with E-state index in [0.717, 1.165) is 28.4 Å². The number of hydrogen-bond donors (Lipinski definition) is 1. The first kappa shape index (κ1) is 24.8. The van der Waals surface area contributed by atoms with Crippen LogP contribution in [0.3, 0.4) is 0 Å². The predicted octanol–water partition coefficient (Wildman–Crippen LogP) is 7.04. The third-order valence-electron chi connectivity index (χ3n) is 6.16. The monoisotopic (exact) mass is 509 g/mol. The fourth-order valence-electron chi connectivity index (χ4n) is 4.02. The molecule has 190 valence electrons. The van der Waals surface area contributed by atoms with Crippen LogP contribution in [0.5, 0.6) is 0 Å². The van der Waals surface area contributed by atoms with Crippen molar-refractivity contribution in [2.75, 3.05) is 12.4 Å². The van der Waals surface area contributed by atoms with Gasteiger partial charge in [0.2, 0.25) is 0 Å². The summed E-state index contributed by atoms with van der Waals surface area (Å²) >= 11 is 0. The summed E-state index contributed by atoms with van der Waals surface area (Å²) in [5.41, 5.74) is 6.39. The van der Waals surface area contributed by atoms with Crippen LogP contribution in [0.25, 0.3) is 22.4 Å². The third kappa shape index (κ3) is 5.29. The van der Waals surface area contributed by atoms with Gasteiger partial charge in [0.05, 0.1) is 18.1 Å². The van der Waals surface area contributed by atoms with E-state index in [1.54, 1.807) is 24.3 Å². The number of halogens is 2. The highest BCUT2D eigenvalue weighted by atomic mass is 19.2. The van der Waals surface area contributed by atoms with Crippen LogP contribution < -0.4 is 5.32 Å². The van der Waals surface area contributed by atoms with Crippen LogP contribution in [0.1, 0.15) is 18.2 Å². The molecule has 2 heterocycles. The van der Waals surface area contributed by atoms with E-state index in [4.69, 9.17) is 4.52 Å². The van der Waals surface area contributed by atoms with Crippen molar-refractivity contribution in [2.24, 2.45) is 10.1 Å². The lowest BCUT2D eigenvalue weighted by Crippen LogP contribution is -2.15. The van der Waals surface area contributed by atoms with Crippen molar-refractivity contribution in [1.82, 2.24) is 10.2 Å². The van der Waals surface area contributed by atoms with Crippen LogP contribution in [-0.4, -0.2) is 29.1 Å². The molecule has 0 bridgehead atoms. The maximum Gasteiger partial charge on any atom is 0.167 e. The van der Waals surface area contributed by atoms with E-state index in [1.807, 2.05) is 37.4 Å². The molecule has 5 rings (SSSR count). The molecule has 0 radical (unpaired) electrons. The average molecular weight is 510 g/mol. The SMILES string of the molecule is C=C1C=NN(Cc2cc(-c3ccc(-c4ccc(NC)cc4)cc3)no2)C=C1N=C(C)c1cccc(F)c1F. The zero-order valence-corrected chi connectivity index (χ0v) is 21.0. The van der Waals surface area contributed by atoms with Gasteiger partial charge < -0.3 is 9.84 Å². The van der Waals surface area contributed by atoms with Crippen LogP contribution in [0.15, 0.2) is 111 Å². The number of rotatable bonds is 7. The molecule has 38 heavy (non-hydrogen) atoms. The Morgan fingerprint density at radius 2 is 1.68 bits per heavy atom. The van der Waals surface area contributed by atoms with Crippen molar-refractivity contribution in [3.63, 3.8) is 0 Å². The van der Waals surface area contributed by atoms with Crippen molar-refractivity contribution in [3.8, 4) is 22.4 Å². The molecule has 1 aliphatic rings. The molecule has 4 aromatic rings. The lowest BCUT2D eigenvalue weighted by molar-refractivity contribution is 0.305. The van der Waals surface area contributed by atoms with E-state index < -0.39 is 11.6 Å². The second kappa shape index (κ2) is 10.6. The summed E-state index contributed by atoms with van der Waals surface area (Å²) in [7, 11) is 1.89. The van der Waals surface area contributed by atoms with Gasteiger partial charge >= 0.3 is 0 Å². The largest absolute Gasteiger partial charge is 0.388 e. The molecular weight excluding hydrogens is 484 g/mol. The summed E-state index contributed by atoms with van der Waals surface area (Å²) in [6, 6.07) is 22.2. The fourth-order valence-corrected chi connectivity index (χ4v) is 4.02. The standard InChI is InChI=1S/C30H25F2N5O/c1-19-16-34-37(18-29(19)35-20(2)26-5-4-6-27(31)30(26)32)17-25-15-28(36-38-25)23-9-7-21(8-10-23)22-11-13-24(33-3)14-12-22/h4-16,18,33H,1,17H2,2-3H3. The number of aliphatic imine (C=N–C) groups is 1. The van der Waals surface area contributed by atoms with Gasteiger partial charge in [0, 0.05) is 41.2 Å². The molecule has 0 atom stereocenters. The van der Waals surface area contributed by atoms with Gasteiger partial charge in [-0.25, -0.2) is 8.78 Å². The molecule has 0 aliphatic carbocycles. The summed E-state index contributed by atoms with van der Waals surface area (Å²) in [6.45, 7) is 5.87. The highest BCUT2D eigenvalue weighted by molar-refractivity contribution is 6.00. The zero-order valence-electron chi connectivity index (χ0n) is 21.0. The number of aromatic nitrogens is 1. The lowest BCUT2D eigenvalue weighted by atomic mass is 10.0. The molecule has 6 nitrogen and oxygen atoms in total. The van der Waals surface area contributed by atoms with Gasteiger partial charge in [0.25, 0.3) is 0 Å². The second-order valence-electron chi connectivity index (χ2n) is 8.76. The summed E-state index contributed by atoms with van der Waals surface area (Å²) in [4.78, 5) is 4.47. The summed E-state index contributed by atoms with van der Waals surface area (Å²) in [5, 5.41) is 13.3. The summed E-state index contributed by atoms with van der Waals surface area (Å²) in [6.07, 6.45) is 3.24. The van der Waals surface area contributed by atoms with Crippen molar-refractivity contribution in [3.05, 3.63) is 120 Å². The Morgan fingerprint density at radius 1 is 1.00 bits per heavy atom. The van der Waals surface area contributed by atoms with Crippen molar-refractivity contribution >= 4 is 17.6 Å². The highest BCUT2D eigenvalue weighted by Crippen LogP contribution is 2.27. The number of nitrogens with zero attached hydrogens (tertiary/aromatic N) is 4. The van der Waals surface area contributed by atoms with Crippen LogP contribution in [0, 0.1) is 11.6 Å². The van der Waals surface area contributed by atoms with E-state index in [2.05, 4.69) is 51.4 Å². The number of nitrogens with one attached hydrogen (secondary N) is 1. The van der Waals surface area contributed by atoms with E-state index >= 15 is 0 Å². The molecule has 1 aliphatic heterocycles. The van der Waals surface area contributed by atoms with E-state index in [9.17, 15) is 8.78 Å². The molecule has 1 N–H and O–H groups in total. The Balaban J connectivity index is 1.30. The van der Waals surface area contributed by atoms with Crippen LogP contribution in [-0.2, 0) is 6.54 Å². The number of hydrogen-bond acceptors (Lipinski definition) is 6. The Bertz CT molecular complexity index is 1570. The van der Waals surface area contributed by atoms with Crippen LogP contribution in [0.4, 0.5) is 14.5 Å². The van der Waals surface area contributed by atoms with Crippen molar-refractivity contribution in [1.29, 1.82) is 0 Å². The normalized spacial score (nSPS) is 13.6. The van der Waals surface area contributed by atoms with Gasteiger partial charge in [-0.1, -0.05) is 54.2 Å². The maximum atomic E-state index is 14.2. The maximum absolute atomic E-state index is 14.2. The van der Waals surface area contributed by atoms with Gasteiger partial charge in [-0.2, -0.15) is 5.10 Å². The minimum atomic E-state index is -0.935. The molecule has 0 saturated carbocycles. The van der Waals surface area contributed by atoms with Gasteiger partial charge in [0.1, 0.15) is 12.2 Å². The van der Waals surface area contributed by atoms with Gasteiger partial charge in [-0.15, -0.1) is 0 Å². The van der Waals surface area contributed by atoms with Crippen molar-refractivity contribution in [2.45, 2.75) is 13.5 Å². The quantitative estimate of drug-likeness (QED) is 0.272. The molecular formula is C30H25F2N5O. The zero-order chi connectivity index (χ0) is 26.6. The smallest absolute Gasteiger partial charge is 0.167 e. The molecule has 0 unspecified atom stereocenters. The Labute approximate surface area is 219 Å². The minimum absolute atomic E-state index is 0.0913. The molecule has 1 aromatic heterocycles. The van der Waals surface area contributed by atoms with Gasteiger partial charge in [0.15, 0.2) is 17.4 Å². The van der Waals surface area contributed by atoms with Crippen molar-refractivity contribution < 1.29 is 13.3 Å². The molecule has 0 amide bonds. The Hall–Kier alpha value is -4.85. The molecule has 0 spiro atoms. The first-order valence-electron chi connectivity index (χ1n) is 12.0. The first-order valence-corrected chi connectivity index (χ1v) is 12.0. The predicted molar refractivity (Wildman–Crippen MR) is 147 cm³/mol. The molecule has 3 aromatic carbocycles. The average Bonchev–Trinajstić information content (AvgIpc) is 3.40. The van der Waals surface area contributed by atoms with E-state index in [-0.39, 0.29) is 5.56 Å². The first-order chi connectivity index (χ1) is 18.4. The number of hydrazone groups is 1. The number of benzene rings is 3.